The number of nitrogen functional groups attached to an aromatic ring is 1. The van der Waals surface area contributed by atoms with Gasteiger partial charge in [-0.3, -0.25) is 4.79 Å². The molecule has 1 aromatic rings. The maximum absolute atomic E-state index is 12.4. The highest BCUT2D eigenvalue weighted by atomic mass is 16.3. The highest BCUT2D eigenvalue weighted by Gasteiger charge is 2.31. The quantitative estimate of drug-likeness (QED) is 0.734. The minimum atomic E-state index is -0.578. The van der Waals surface area contributed by atoms with Crippen LogP contribution in [-0.2, 0) is 10.2 Å². The smallest absolute Gasteiger partial charge is 0.230 e. The van der Waals surface area contributed by atoms with Gasteiger partial charge in [0.1, 0.15) is 0 Å². The van der Waals surface area contributed by atoms with Crippen LogP contribution in [0.5, 0.6) is 0 Å². The number of aliphatic hydroxyl groups is 1. The van der Waals surface area contributed by atoms with Crippen LogP contribution in [0.3, 0.4) is 0 Å². The third-order valence-electron chi connectivity index (χ3n) is 4.26. The summed E-state index contributed by atoms with van der Waals surface area (Å²) in [6, 6.07) is 7.43. The average molecular weight is 276 g/mol. The number of benzene rings is 1. The summed E-state index contributed by atoms with van der Waals surface area (Å²) in [6.45, 7) is 4.48. The van der Waals surface area contributed by atoms with Crippen molar-refractivity contribution >= 4 is 11.6 Å². The molecule has 1 aromatic carbocycles. The molecule has 0 aromatic heterocycles. The van der Waals surface area contributed by atoms with E-state index in [9.17, 15) is 9.90 Å². The number of carbonyl (C=O) groups is 1. The van der Waals surface area contributed by atoms with Crippen LogP contribution in [0.2, 0.25) is 0 Å². The number of nitrogens with one attached hydrogen (secondary N) is 1. The van der Waals surface area contributed by atoms with Gasteiger partial charge in [-0.05, 0) is 56.7 Å². The fourth-order valence-corrected chi connectivity index (χ4v) is 2.72. The Morgan fingerprint density at radius 3 is 2.55 bits per heavy atom. The Kier molecular flexibility index (Phi) is 4.33. The van der Waals surface area contributed by atoms with Crippen LogP contribution < -0.4 is 11.1 Å². The molecule has 4 nitrogen and oxygen atoms in total. The molecule has 1 aliphatic carbocycles. The Morgan fingerprint density at radius 2 is 2.00 bits per heavy atom. The molecule has 1 fully saturated rings. The molecule has 4 N–H and O–H groups in total. The first-order chi connectivity index (χ1) is 9.39. The van der Waals surface area contributed by atoms with Crippen molar-refractivity contribution in [2.45, 2.75) is 44.6 Å². The molecule has 0 saturated heterocycles. The minimum Gasteiger partial charge on any atom is -0.399 e. The lowest BCUT2D eigenvalue weighted by molar-refractivity contribution is -0.125. The fraction of sp³-hybridized carbons (Fsp3) is 0.562. The standard InChI is InChI=1S/C16H24N2O2/c1-16(2,12-4-6-13(17)7-5-12)15(20)18-10-11-3-8-14(19)9-11/h4-7,11,14,19H,3,8-10,17H2,1-2H3,(H,18,20). The Morgan fingerprint density at radius 1 is 1.35 bits per heavy atom. The molecule has 1 aliphatic rings. The normalized spacial score (nSPS) is 22.8. The predicted octanol–water partition coefficient (Wildman–Crippen LogP) is 1.82. The first kappa shape index (κ1) is 14.9. The second-order valence-corrected chi connectivity index (χ2v) is 6.29. The number of nitrogens with two attached hydrogens (primary N) is 1. The average Bonchev–Trinajstić information content (AvgIpc) is 2.82. The summed E-state index contributed by atoms with van der Waals surface area (Å²) < 4.78 is 0. The lowest BCUT2D eigenvalue weighted by Crippen LogP contribution is -2.41. The number of anilines is 1. The minimum absolute atomic E-state index is 0.0173. The van der Waals surface area contributed by atoms with Crippen LogP contribution in [0, 0.1) is 5.92 Å². The van der Waals surface area contributed by atoms with Crippen LogP contribution in [0.1, 0.15) is 38.7 Å². The lowest BCUT2D eigenvalue weighted by atomic mass is 9.83. The third-order valence-corrected chi connectivity index (χ3v) is 4.26. The van der Waals surface area contributed by atoms with Gasteiger partial charge < -0.3 is 16.2 Å². The van der Waals surface area contributed by atoms with Gasteiger partial charge in [0.25, 0.3) is 0 Å². The van der Waals surface area contributed by atoms with E-state index in [1.807, 2.05) is 38.1 Å². The van der Waals surface area contributed by atoms with Crippen molar-refractivity contribution in [1.29, 1.82) is 0 Å². The number of aliphatic hydroxyl groups excluding tert-OH is 1. The van der Waals surface area contributed by atoms with Crippen molar-refractivity contribution in [2.75, 3.05) is 12.3 Å². The zero-order chi connectivity index (χ0) is 14.8. The second-order valence-electron chi connectivity index (χ2n) is 6.29. The van der Waals surface area contributed by atoms with Gasteiger partial charge in [-0.2, -0.15) is 0 Å². The predicted molar refractivity (Wildman–Crippen MR) is 80.2 cm³/mol. The Bertz CT molecular complexity index is 468. The molecule has 110 valence electrons. The second kappa shape index (κ2) is 5.83. The van der Waals surface area contributed by atoms with E-state index in [4.69, 9.17) is 5.73 Å². The highest BCUT2D eigenvalue weighted by Crippen LogP contribution is 2.27. The van der Waals surface area contributed by atoms with Crippen LogP contribution in [-0.4, -0.2) is 23.7 Å². The van der Waals surface area contributed by atoms with E-state index in [1.54, 1.807) is 0 Å². The maximum Gasteiger partial charge on any atom is 0.230 e. The summed E-state index contributed by atoms with van der Waals surface area (Å²) in [6.07, 6.45) is 2.44. The molecule has 1 amide bonds. The molecule has 2 atom stereocenters. The molecule has 4 heteroatoms. The zero-order valence-electron chi connectivity index (χ0n) is 12.2. The topological polar surface area (TPSA) is 75.3 Å². The van der Waals surface area contributed by atoms with Crippen molar-refractivity contribution in [3.8, 4) is 0 Å². The van der Waals surface area contributed by atoms with Crippen molar-refractivity contribution in [1.82, 2.24) is 5.32 Å². The number of hydrogen-bond acceptors (Lipinski definition) is 3. The van der Waals surface area contributed by atoms with Gasteiger partial charge in [0, 0.05) is 12.2 Å². The van der Waals surface area contributed by atoms with E-state index in [0.717, 1.165) is 24.8 Å². The first-order valence-electron chi connectivity index (χ1n) is 7.22. The van der Waals surface area contributed by atoms with E-state index in [0.29, 0.717) is 18.2 Å². The Balaban J connectivity index is 1.94. The van der Waals surface area contributed by atoms with Gasteiger partial charge in [0.2, 0.25) is 5.91 Å². The molecule has 0 aliphatic heterocycles. The number of rotatable bonds is 4. The summed E-state index contributed by atoms with van der Waals surface area (Å²) in [5.74, 6) is 0.417. The SMILES string of the molecule is CC(C)(C(=O)NCC1CCC(O)C1)c1ccc(N)cc1. The first-order valence-corrected chi connectivity index (χ1v) is 7.22. The largest absolute Gasteiger partial charge is 0.399 e. The highest BCUT2D eigenvalue weighted by molar-refractivity contribution is 5.87. The van der Waals surface area contributed by atoms with Gasteiger partial charge in [0.15, 0.2) is 0 Å². The van der Waals surface area contributed by atoms with Crippen LogP contribution in [0.4, 0.5) is 5.69 Å². The van der Waals surface area contributed by atoms with Crippen molar-refractivity contribution in [2.24, 2.45) is 5.92 Å². The molecule has 0 radical (unpaired) electrons. The molecule has 0 bridgehead atoms. The van der Waals surface area contributed by atoms with E-state index in [2.05, 4.69) is 5.32 Å². The molecule has 0 spiro atoms. The Hall–Kier alpha value is -1.55. The number of carbonyl (C=O) groups excluding carboxylic acids is 1. The number of hydrogen-bond donors (Lipinski definition) is 3. The molecular weight excluding hydrogens is 252 g/mol. The summed E-state index contributed by atoms with van der Waals surface area (Å²) in [4.78, 5) is 12.4. The van der Waals surface area contributed by atoms with Gasteiger partial charge in [-0.25, -0.2) is 0 Å². The van der Waals surface area contributed by atoms with E-state index >= 15 is 0 Å². The van der Waals surface area contributed by atoms with Gasteiger partial charge >= 0.3 is 0 Å². The van der Waals surface area contributed by atoms with E-state index < -0.39 is 5.41 Å². The fourth-order valence-electron chi connectivity index (χ4n) is 2.72. The molecule has 20 heavy (non-hydrogen) atoms. The van der Waals surface area contributed by atoms with E-state index in [1.165, 1.54) is 0 Å². The van der Waals surface area contributed by atoms with Gasteiger partial charge in [-0.1, -0.05) is 12.1 Å². The third kappa shape index (κ3) is 3.31. The summed E-state index contributed by atoms with van der Waals surface area (Å²) >= 11 is 0. The zero-order valence-corrected chi connectivity index (χ0v) is 12.2. The molecule has 1 saturated carbocycles. The maximum atomic E-state index is 12.4. The van der Waals surface area contributed by atoms with Crippen molar-refractivity contribution in [3.63, 3.8) is 0 Å². The van der Waals surface area contributed by atoms with Crippen LogP contribution >= 0.6 is 0 Å². The van der Waals surface area contributed by atoms with Gasteiger partial charge in [0.05, 0.1) is 11.5 Å². The lowest BCUT2D eigenvalue weighted by Gasteiger charge is -2.25. The molecule has 2 unspecified atom stereocenters. The molecular formula is C16H24N2O2. The van der Waals surface area contributed by atoms with Crippen molar-refractivity contribution < 1.29 is 9.90 Å². The van der Waals surface area contributed by atoms with E-state index in [-0.39, 0.29) is 12.0 Å². The monoisotopic (exact) mass is 276 g/mol. The number of amides is 1. The summed E-state index contributed by atoms with van der Waals surface area (Å²) in [5.41, 5.74) is 6.75. The molecule has 2 rings (SSSR count). The van der Waals surface area contributed by atoms with Crippen molar-refractivity contribution in [3.05, 3.63) is 29.8 Å². The summed E-state index contributed by atoms with van der Waals surface area (Å²) in [7, 11) is 0. The van der Waals surface area contributed by atoms with Crippen LogP contribution in [0.15, 0.2) is 24.3 Å². The Labute approximate surface area is 120 Å². The van der Waals surface area contributed by atoms with Crippen LogP contribution in [0.25, 0.3) is 0 Å². The van der Waals surface area contributed by atoms with Gasteiger partial charge in [-0.15, -0.1) is 0 Å². The molecule has 0 heterocycles. The summed E-state index contributed by atoms with van der Waals surface area (Å²) in [5, 5.41) is 12.5.